The van der Waals surface area contributed by atoms with E-state index in [1.54, 1.807) is 5.57 Å². The van der Waals surface area contributed by atoms with Crippen molar-refractivity contribution < 1.29 is 0 Å². The molecule has 1 heterocycles. The van der Waals surface area contributed by atoms with E-state index in [-0.39, 0.29) is 16.9 Å². The summed E-state index contributed by atoms with van der Waals surface area (Å²) >= 11 is 0. The van der Waals surface area contributed by atoms with Crippen LogP contribution in [0.15, 0.2) is 47.4 Å². The summed E-state index contributed by atoms with van der Waals surface area (Å²) in [5, 5.41) is 4.09. The van der Waals surface area contributed by atoms with E-state index in [1.165, 1.54) is 36.8 Å². The molecule has 1 aromatic heterocycles. The van der Waals surface area contributed by atoms with Gasteiger partial charge in [-0.1, -0.05) is 49.7 Å². The summed E-state index contributed by atoms with van der Waals surface area (Å²) in [6.45, 7) is 7.44. The topological polar surface area (TPSA) is 61.7 Å². The van der Waals surface area contributed by atoms with Gasteiger partial charge in [0.1, 0.15) is 0 Å². The predicted octanol–water partition coefficient (Wildman–Crippen LogP) is 6.96. The lowest BCUT2D eigenvalue weighted by atomic mass is 9.45. The lowest BCUT2D eigenvalue weighted by Crippen LogP contribution is -2.52. The molecule has 5 unspecified atom stereocenters. The Kier molecular flexibility index (Phi) is 4.40. The van der Waals surface area contributed by atoms with Crippen LogP contribution < -0.4 is 0 Å². The largest absolute Gasteiger partial charge is 0.264 e. The second-order valence-corrected chi connectivity index (χ2v) is 10.4. The van der Waals surface area contributed by atoms with Crippen molar-refractivity contribution in [3.05, 3.63) is 58.3 Å². The Bertz CT molecular complexity index is 912. The van der Waals surface area contributed by atoms with E-state index >= 15 is 0 Å². The minimum atomic E-state index is 0.144. The van der Waals surface area contributed by atoms with Crippen molar-refractivity contribution in [2.45, 2.75) is 65.3 Å². The Morgan fingerprint density at radius 2 is 2.07 bits per heavy atom. The number of hydrogen-bond acceptors (Lipinski definition) is 2. The lowest BCUT2D eigenvalue weighted by molar-refractivity contribution is -0.0347. The van der Waals surface area contributed by atoms with Crippen molar-refractivity contribution in [1.29, 1.82) is 0 Å². The molecule has 2 fully saturated rings. The summed E-state index contributed by atoms with van der Waals surface area (Å²) in [6, 6.07) is 4.45. The molecule has 0 saturated heterocycles. The number of fused-ring (bicyclic) bond motifs is 5. The fourth-order valence-corrected chi connectivity index (χ4v) is 7.77. The lowest BCUT2D eigenvalue weighted by Gasteiger charge is -2.60. The minimum absolute atomic E-state index is 0.144. The SMILES string of the molecule is CC1CC(N=[N+]=[N-])CC2=CCC3C(CC[C@]4(C)C(c5cccnc5)=CCC34)[C@]21C. The van der Waals surface area contributed by atoms with Crippen molar-refractivity contribution in [3.63, 3.8) is 0 Å². The van der Waals surface area contributed by atoms with E-state index < -0.39 is 0 Å². The van der Waals surface area contributed by atoms with Crippen LogP contribution in [-0.4, -0.2) is 11.0 Å². The van der Waals surface area contributed by atoms with Gasteiger partial charge in [-0.05, 0) is 95.8 Å². The summed E-state index contributed by atoms with van der Waals surface area (Å²) < 4.78 is 0. The molecule has 4 aliphatic rings. The molecule has 1 aromatic rings. The molecule has 0 bridgehead atoms. The van der Waals surface area contributed by atoms with Gasteiger partial charge >= 0.3 is 0 Å². The number of allylic oxidation sites excluding steroid dienone is 3. The summed E-state index contributed by atoms with van der Waals surface area (Å²) in [5.41, 5.74) is 13.9. The first-order valence-electron chi connectivity index (χ1n) is 11.3. The minimum Gasteiger partial charge on any atom is -0.264 e. The van der Waals surface area contributed by atoms with E-state index in [0.29, 0.717) is 5.92 Å². The fraction of sp³-hybridized carbons (Fsp3) is 0.640. The average molecular weight is 389 g/mol. The molecule has 2 saturated carbocycles. The van der Waals surface area contributed by atoms with Gasteiger partial charge < -0.3 is 0 Å². The third-order valence-corrected chi connectivity index (χ3v) is 9.41. The average Bonchev–Trinajstić information content (AvgIpc) is 3.07. The van der Waals surface area contributed by atoms with Gasteiger partial charge in [0, 0.05) is 23.3 Å². The normalized spacial score (nSPS) is 43.2. The van der Waals surface area contributed by atoms with E-state index in [2.05, 4.69) is 60.1 Å². The van der Waals surface area contributed by atoms with Crippen molar-refractivity contribution in [3.8, 4) is 0 Å². The number of hydrogen-bond donors (Lipinski definition) is 0. The molecule has 4 aliphatic carbocycles. The van der Waals surface area contributed by atoms with Gasteiger partial charge in [0.05, 0.1) is 0 Å². The van der Waals surface area contributed by atoms with Gasteiger partial charge in [-0.2, -0.15) is 0 Å². The maximum Gasteiger partial charge on any atom is 0.0414 e. The van der Waals surface area contributed by atoms with E-state index in [9.17, 15) is 0 Å². The molecular weight excluding hydrogens is 356 g/mol. The zero-order chi connectivity index (χ0) is 20.2. The Morgan fingerprint density at radius 1 is 1.21 bits per heavy atom. The monoisotopic (exact) mass is 388 g/mol. The number of nitrogens with zero attached hydrogens (tertiary/aromatic N) is 4. The molecule has 7 atom stereocenters. The quantitative estimate of drug-likeness (QED) is 0.234. The number of aromatic nitrogens is 1. The molecule has 0 radical (unpaired) electrons. The van der Waals surface area contributed by atoms with Gasteiger partial charge in [0.15, 0.2) is 0 Å². The standard InChI is InChI=1S/C25H32N4/c1-16-13-19(28-29-26)14-18-6-7-20-22-9-8-21(17-5-4-12-27-15-17)24(22,2)11-10-23(20)25(16,18)3/h4-6,8,12,15-16,19-20,22-23H,7,9-11,13-14H2,1-3H3/t16?,19?,20?,22?,23?,24-,25+/m1/s1. The highest BCUT2D eigenvalue weighted by Crippen LogP contribution is 2.67. The molecule has 29 heavy (non-hydrogen) atoms. The summed E-state index contributed by atoms with van der Waals surface area (Å²) in [6.07, 6.45) is 16.0. The van der Waals surface area contributed by atoms with Crippen LogP contribution in [0.3, 0.4) is 0 Å². The van der Waals surface area contributed by atoms with Crippen LogP contribution in [0.4, 0.5) is 0 Å². The van der Waals surface area contributed by atoms with Crippen molar-refractivity contribution in [2.75, 3.05) is 0 Å². The molecule has 4 nitrogen and oxygen atoms in total. The van der Waals surface area contributed by atoms with E-state index in [4.69, 9.17) is 5.53 Å². The van der Waals surface area contributed by atoms with E-state index in [1.807, 2.05) is 12.4 Å². The smallest absolute Gasteiger partial charge is 0.0414 e. The Morgan fingerprint density at radius 3 is 2.83 bits per heavy atom. The maximum absolute atomic E-state index is 8.93. The summed E-state index contributed by atoms with van der Waals surface area (Å²) in [5.74, 6) is 2.81. The highest BCUT2D eigenvalue weighted by atomic mass is 15.1. The van der Waals surface area contributed by atoms with Crippen LogP contribution >= 0.6 is 0 Å². The Labute approximate surface area is 174 Å². The predicted molar refractivity (Wildman–Crippen MR) is 117 cm³/mol. The van der Waals surface area contributed by atoms with Gasteiger partial charge in [-0.25, -0.2) is 0 Å². The van der Waals surface area contributed by atoms with Gasteiger partial charge in [-0.3, -0.25) is 4.98 Å². The molecule has 0 spiro atoms. The number of azide groups is 1. The Balaban J connectivity index is 1.47. The van der Waals surface area contributed by atoms with Crippen molar-refractivity contribution in [2.24, 2.45) is 39.6 Å². The highest BCUT2D eigenvalue weighted by molar-refractivity contribution is 5.72. The Hall–Kier alpha value is -2.06. The molecule has 0 aliphatic heterocycles. The second kappa shape index (κ2) is 6.74. The summed E-state index contributed by atoms with van der Waals surface area (Å²) in [4.78, 5) is 7.50. The van der Waals surface area contributed by atoms with Crippen molar-refractivity contribution >= 4 is 5.57 Å². The number of rotatable bonds is 2. The second-order valence-electron chi connectivity index (χ2n) is 10.4. The van der Waals surface area contributed by atoms with Crippen molar-refractivity contribution in [1.82, 2.24) is 4.98 Å². The molecular formula is C25H32N4. The first-order valence-corrected chi connectivity index (χ1v) is 11.3. The van der Waals surface area contributed by atoms with Crippen LogP contribution in [0.25, 0.3) is 16.0 Å². The highest BCUT2D eigenvalue weighted by Gasteiger charge is 2.58. The van der Waals surface area contributed by atoms with Gasteiger partial charge in [0.2, 0.25) is 0 Å². The summed E-state index contributed by atoms with van der Waals surface area (Å²) in [7, 11) is 0. The van der Waals surface area contributed by atoms with Crippen LogP contribution in [0, 0.1) is 34.5 Å². The molecule has 4 heteroatoms. The first kappa shape index (κ1) is 18.9. The molecule has 0 aromatic carbocycles. The third-order valence-electron chi connectivity index (χ3n) is 9.41. The maximum atomic E-state index is 8.93. The first-order chi connectivity index (χ1) is 14.0. The molecule has 152 valence electrons. The van der Waals surface area contributed by atoms with Crippen LogP contribution in [-0.2, 0) is 0 Å². The van der Waals surface area contributed by atoms with Crippen LogP contribution in [0.1, 0.15) is 64.9 Å². The van der Waals surface area contributed by atoms with Gasteiger partial charge in [0.25, 0.3) is 0 Å². The molecule has 5 rings (SSSR count). The van der Waals surface area contributed by atoms with Gasteiger partial charge in [-0.15, -0.1) is 0 Å². The van der Waals surface area contributed by atoms with E-state index in [0.717, 1.165) is 30.6 Å². The number of pyridine rings is 1. The molecule has 0 N–H and O–H groups in total. The fourth-order valence-electron chi connectivity index (χ4n) is 7.77. The van der Waals surface area contributed by atoms with Crippen LogP contribution in [0.2, 0.25) is 0 Å². The zero-order valence-electron chi connectivity index (χ0n) is 17.9. The zero-order valence-corrected chi connectivity index (χ0v) is 17.9. The molecule has 0 amide bonds. The third kappa shape index (κ3) is 2.65. The van der Waals surface area contributed by atoms with Crippen LogP contribution in [0.5, 0.6) is 0 Å².